The summed E-state index contributed by atoms with van der Waals surface area (Å²) in [5.74, 6) is -1.70. The van der Waals surface area contributed by atoms with Crippen LogP contribution in [0, 0.1) is 5.92 Å². The molecule has 2 aliphatic heterocycles. The van der Waals surface area contributed by atoms with E-state index in [1.165, 1.54) is 6.08 Å². The van der Waals surface area contributed by atoms with E-state index in [-0.39, 0.29) is 24.2 Å². The second-order valence-electron chi connectivity index (χ2n) is 6.13. The summed E-state index contributed by atoms with van der Waals surface area (Å²) in [6.07, 6.45) is 2.16. The third-order valence-corrected chi connectivity index (χ3v) is 3.81. The lowest BCUT2D eigenvalue weighted by Crippen LogP contribution is -2.48. The van der Waals surface area contributed by atoms with Crippen LogP contribution in [0.4, 0.5) is 0 Å². The quantitative estimate of drug-likeness (QED) is 0.612. The Morgan fingerprint density at radius 2 is 2.00 bits per heavy atom. The first kappa shape index (κ1) is 16.1. The van der Waals surface area contributed by atoms with Crippen LogP contribution in [0.1, 0.15) is 33.6 Å². The minimum atomic E-state index is -0.970. The third-order valence-electron chi connectivity index (χ3n) is 3.81. The van der Waals surface area contributed by atoms with E-state index < -0.39 is 11.8 Å². The van der Waals surface area contributed by atoms with Crippen molar-refractivity contribution in [3.8, 4) is 0 Å². The first-order valence-electron chi connectivity index (χ1n) is 7.13. The number of ether oxygens (including phenoxy) is 3. The Hall–Kier alpha value is -1.24. The van der Waals surface area contributed by atoms with Crippen molar-refractivity contribution in [1.29, 1.82) is 0 Å². The number of carboxylic acid groups (broad SMARTS) is 1. The largest absolute Gasteiger partial charge is 0.478 e. The van der Waals surface area contributed by atoms with E-state index in [4.69, 9.17) is 19.3 Å². The van der Waals surface area contributed by atoms with Crippen LogP contribution >= 0.6 is 0 Å². The Balaban J connectivity index is 2.11. The van der Waals surface area contributed by atoms with Crippen molar-refractivity contribution in [1.82, 2.24) is 0 Å². The van der Waals surface area contributed by atoms with Gasteiger partial charge < -0.3 is 24.1 Å². The standard InChI is InChI=1S/C15H22O6/c1-9(7-12(17)18)6-11-14-13(20-15(2,3)21-14)10(4-5-16)8-19-11/h5,7,10-11,13-14H,4,6,8H2,1-3H3,(H,17,18)/t10-,11-,13+,14-/m0/s1. The lowest BCUT2D eigenvalue weighted by Gasteiger charge is -2.36. The first-order chi connectivity index (χ1) is 9.82. The van der Waals surface area contributed by atoms with Crippen LogP contribution in [-0.4, -0.2) is 48.1 Å². The minimum absolute atomic E-state index is 0.0192. The molecule has 2 fully saturated rings. The molecule has 2 saturated heterocycles. The Kier molecular flexibility index (Phi) is 4.81. The second kappa shape index (κ2) is 6.25. The fourth-order valence-electron chi connectivity index (χ4n) is 2.99. The average Bonchev–Trinajstić information content (AvgIpc) is 2.67. The van der Waals surface area contributed by atoms with E-state index in [0.717, 1.165) is 6.29 Å². The van der Waals surface area contributed by atoms with Crippen molar-refractivity contribution in [2.45, 2.75) is 57.7 Å². The van der Waals surface area contributed by atoms with Gasteiger partial charge in [-0.3, -0.25) is 0 Å². The zero-order chi connectivity index (χ0) is 15.6. The molecule has 0 spiro atoms. The molecule has 6 heteroatoms. The minimum Gasteiger partial charge on any atom is -0.478 e. The highest BCUT2D eigenvalue weighted by Crippen LogP contribution is 2.40. The molecule has 2 aliphatic rings. The van der Waals surface area contributed by atoms with Gasteiger partial charge >= 0.3 is 5.97 Å². The molecule has 21 heavy (non-hydrogen) atoms. The summed E-state index contributed by atoms with van der Waals surface area (Å²) in [5, 5.41) is 8.78. The van der Waals surface area contributed by atoms with E-state index in [0.29, 0.717) is 25.0 Å². The monoisotopic (exact) mass is 298 g/mol. The molecule has 0 amide bonds. The van der Waals surface area contributed by atoms with Crippen LogP contribution in [0.15, 0.2) is 11.6 Å². The molecule has 0 aliphatic carbocycles. The molecule has 0 unspecified atom stereocenters. The van der Waals surface area contributed by atoms with Gasteiger partial charge in [0.25, 0.3) is 0 Å². The van der Waals surface area contributed by atoms with E-state index >= 15 is 0 Å². The van der Waals surface area contributed by atoms with E-state index in [2.05, 4.69) is 0 Å². The van der Waals surface area contributed by atoms with Gasteiger partial charge in [-0.2, -0.15) is 0 Å². The molecule has 1 N–H and O–H groups in total. The Morgan fingerprint density at radius 3 is 2.62 bits per heavy atom. The number of carbonyl (C=O) groups is 2. The van der Waals surface area contributed by atoms with Gasteiger partial charge in [0.1, 0.15) is 12.4 Å². The van der Waals surface area contributed by atoms with Crippen molar-refractivity contribution in [3.05, 3.63) is 11.6 Å². The molecular formula is C15H22O6. The maximum Gasteiger partial charge on any atom is 0.328 e. The molecule has 0 aromatic heterocycles. The molecule has 0 saturated carbocycles. The molecule has 0 aromatic rings. The van der Waals surface area contributed by atoms with Crippen LogP contribution in [0.25, 0.3) is 0 Å². The number of fused-ring (bicyclic) bond motifs is 1. The van der Waals surface area contributed by atoms with Crippen LogP contribution in [0.5, 0.6) is 0 Å². The van der Waals surface area contributed by atoms with Gasteiger partial charge in [0.15, 0.2) is 5.79 Å². The number of aldehydes is 1. The fraction of sp³-hybridized carbons (Fsp3) is 0.733. The lowest BCUT2D eigenvalue weighted by molar-refractivity contribution is -0.153. The number of carboxylic acids is 1. The Labute approximate surface area is 124 Å². The third kappa shape index (κ3) is 3.90. The normalized spacial score (nSPS) is 35.3. The second-order valence-corrected chi connectivity index (χ2v) is 6.13. The SMILES string of the molecule is CC(=CC(=O)O)C[C@@H]1OC[C@H](CC=O)[C@H]2OC(C)(C)O[C@H]21. The van der Waals surface area contributed by atoms with Crippen molar-refractivity contribution in [2.24, 2.45) is 5.92 Å². The van der Waals surface area contributed by atoms with Crippen molar-refractivity contribution in [2.75, 3.05) is 6.61 Å². The smallest absolute Gasteiger partial charge is 0.328 e. The highest BCUT2D eigenvalue weighted by Gasteiger charge is 2.51. The summed E-state index contributed by atoms with van der Waals surface area (Å²) in [6.45, 7) is 5.84. The van der Waals surface area contributed by atoms with Crippen LogP contribution in [-0.2, 0) is 23.8 Å². The van der Waals surface area contributed by atoms with Gasteiger partial charge in [-0.25, -0.2) is 4.79 Å². The summed E-state index contributed by atoms with van der Waals surface area (Å²) in [7, 11) is 0. The highest BCUT2D eigenvalue weighted by atomic mass is 16.8. The summed E-state index contributed by atoms with van der Waals surface area (Å²) in [6, 6.07) is 0. The van der Waals surface area contributed by atoms with Gasteiger partial charge in [0, 0.05) is 18.4 Å². The van der Waals surface area contributed by atoms with Crippen LogP contribution in [0.2, 0.25) is 0 Å². The van der Waals surface area contributed by atoms with Gasteiger partial charge in [0.05, 0.1) is 18.8 Å². The maximum atomic E-state index is 10.8. The predicted octanol–water partition coefficient (Wildman–Crippen LogP) is 1.53. The first-order valence-corrected chi connectivity index (χ1v) is 7.13. The summed E-state index contributed by atoms with van der Waals surface area (Å²) >= 11 is 0. The lowest BCUT2D eigenvalue weighted by atomic mass is 9.88. The summed E-state index contributed by atoms with van der Waals surface area (Å²) in [5.41, 5.74) is 0.716. The number of rotatable bonds is 5. The van der Waals surface area contributed by atoms with Crippen molar-refractivity contribution in [3.63, 3.8) is 0 Å². The summed E-state index contributed by atoms with van der Waals surface area (Å²) in [4.78, 5) is 21.5. The predicted molar refractivity (Wildman–Crippen MR) is 73.7 cm³/mol. The Morgan fingerprint density at radius 1 is 1.33 bits per heavy atom. The van der Waals surface area contributed by atoms with Gasteiger partial charge in [-0.05, 0) is 27.2 Å². The average molecular weight is 298 g/mol. The molecular weight excluding hydrogens is 276 g/mol. The molecule has 4 atom stereocenters. The van der Waals surface area contributed by atoms with Crippen molar-refractivity contribution < 1.29 is 28.9 Å². The number of carbonyl (C=O) groups excluding carboxylic acids is 1. The zero-order valence-electron chi connectivity index (χ0n) is 12.6. The molecule has 2 rings (SSSR count). The number of aliphatic carboxylic acids is 1. The molecule has 0 bridgehead atoms. The number of hydrogen-bond donors (Lipinski definition) is 1. The van der Waals surface area contributed by atoms with Gasteiger partial charge in [0.2, 0.25) is 0 Å². The maximum absolute atomic E-state index is 10.8. The number of hydrogen-bond acceptors (Lipinski definition) is 5. The topological polar surface area (TPSA) is 82.1 Å². The van der Waals surface area contributed by atoms with Gasteiger partial charge in [-0.15, -0.1) is 0 Å². The fourth-order valence-corrected chi connectivity index (χ4v) is 2.99. The molecule has 6 nitrogen and oxygen atoms in total. The Bertz CT molecular complexity index is 441. The highest BCUT2D eigenvalue weighted by molar-refractivity contribution is 5.80. The van der Waals surface area contributed by atoms with Crippen LogP contribution < -0.4 is 0 Å². The van der Waals surface area contributed by atoms with E-state index in [1.54, 1.807) is 6.92 Å². The van der Waals surface area contributed by atoms with E-state index in [1.807, 2.05) is 13.8 Å². The molecule has 118 valence electrons. The van der Waals surface area contributed by atoms with Crippen molar-refractivity contribution >= 4 is 12.3 Å². The summed E-state index contributed by atoms with van der Waals surface area (Å²) < 4.78 is 17.6. The molecule has 0 radical (unpaired) electrons. The van der Waals surface area contributed by atoms with E-state index in [9.17, 15) is 9.59 Å². The molecule has 0 aromatic carbocycles. The zero-order valence-corrected chi connectivity index (χ0v) is 12.6. The van der Waals surface area contributed by atoms with Crippen LogP contribution in [0.3, 0.4) is 0 Å². The van der Waals surface area contributed by atoms with Gasteiger partial charge in [-0.1, -0.05) is 5.57 Å². The molecule has 2 heterocycles.